The van der Waals surface area contributed by atoms with Gasteiger partial charge in [-0.25, -0.2) is 4.39 Å². The first-order valence-electron chi connectivity index (χ1n) is 7.53. The van der Waals surface area contributed by atoms with Gasteiger partial charge in [-0.3, -0.25) is 9.59 Å². The Bertz CT molecular complexity index is 740. The van der Waals surface area contributed by atoms with E-state index >= 15 is 0 Å². The summed E-state index contributed by atoms with van der Waals surface area (Å²) in [5.41, 5.74) is 7.39. The van der Waals surface area contributed by atoms with Gasteiger partial charge in [0, 0.05) is 12.0 Å². The number of primary amides is 1. The summed E-state index contributed by atoms with van der Waals surface area (Å²) in [6.45, 7) is 1.62. The van der Waals surface area contributed by atoms with Crippen LogP contribution in [0.5, 0.6) is 0 Å². The Hall–Kier alpha value is -2.95. The molecule has 0 saturated carbocycles. The summed E-state index contributed by atoms with van der Waals surface area (Å²) in [6.07, 6.45) is 1.95. The smallest absolute Gasteiger partial charge is 0.247 e. The van der Waals surface area contributed by atoms with E-state index in [1.54, 1.807) is 25.1 Å². The summed E-state index contributed by atoms with van der Waals surface area (Å²) in [5, 5.41) is 2.64. The molecule has 0 spiro atoms. The average Bonchev–Trinajstić information content (AvgIpc) is 2.57. The molecule has 0 fully saturated rings. The predicted molar refractivity (Wildman–Crippen MR) is 91.3 cm³/mol. The molecule has 2 aromatic carbocycles. The molecule has 124 valence electrons. The number of halogens is 1. The van der Waals surface area contributed by atoms with Gasteiger partial charge in [0.05, 0.1) is 0 Å². The quantitative estimate of drug-likeness (QED) is 0.800. The third-order valence-corrected chi connectivity index (χ3v) is 3.54. The molecule has 5 heteroatoms. The summed E-state index contributed by atoms with van der Waals surface area (Å²) in [5.74, 6) is -1.33. The van der Waals surface area contributed by atoms with Gasteiger partial charge in [0.25, 0.3) is 0 Å². The van der Waals surface area contributed by atoms with Gasteiger partial charge >= 0.3 is 0 Å². The minimum absolute atomic E-state index is 0.325. The zero-order valence-electron chi connectivity index (χ0n) is 13.3. The van der Waals surface area contributed by atoms with Crippen LogP contribution in [0, 0.1) is 5.82 Å². The summed E-state index contributed by atoms with van der Waals surface area (Å²) < 4.78 is 12.9. The Balaban J connectivity index is 2.06. The largest absolute Gasteiger partial charge is 0.368 e. The molecule has 0 radical (unpaired) electrons. The van der Waals surface area contributed by atoms with Gasteiger partial charge in [-0.2, -0.15) is 0 Å². The van der Waals surface area contributed by atoms with Crippen LogP contribution in [-0.4, -0.2) is 17.9 Å². The van der Waals surface area contributed by atoms with Crippen LogP contribution >= 0.6 is 0 Å². The molecule has 1 atom stereocenters. The van der Waals surface area contributed by atoms with Crippen LogP contribution in [0.4, 0.5) is 4.39 Å². The first-order chi connectivity index (χ1) is 11.5. The molecule has 0 aliphatic carbocycles. The number of nitrogens with one attached hydrogen (secondary N) is 1. The lowest BCUT2D eigenvalue weighted by molar-refractivity contribution is -0.125. The van der Waals surface area contributed by atoms with E-state index < -0.39 is 11.9 Å². The second-order valence-electron chi connectivity index (χ2n) is 5.50. The van der Waals surface area contributed by atoms with Gasteiger partial charge in [-0.05, 0) is 36.3 Å². The number of amides is 2. The molecule has 2 rings (SSSR count). The van der Waals surface area contributed by atoms with E-state index in [0.29, 0.717) is 17.6 Å². The van der Waals surface area contributed by atoms with E-state index in [4.69, 9.17) is 5.73 Å². The van der Waals surface area contributed by atoms with Crippen LogP contribution in [0.3, 0.4) is 0 Å². The van der Waals surface area contributed by atoms with Crippen molar-refractivity contribution < 1.29 is 14.0 Å². The zero-order chi connectivity index (χ0) is 17.5. The molecular formula is C19H19FN2O2. The molecule has 3 N–H and O–H groups in total. The fraction of sp³-hybridized carbons (Fsp3) is 0.158. The van der Waals surface area contributed by atoms with Gasteiger partial charge in [0.1, 0.15) is 11.9 Å². The lowest BCUT2D eigenvalue weighted by atomic mass is 10.0. The molecule has 0 bridgehead atoms. The molecule has 4 nitrogen and oxygen atoms in total. The van der Waals surface area contributed by atoms with Gasteiger partial charge in [-0.1, -0.05) is 42.5 Å². The average molecular weight is 326 g/mol. The Morgan fingerprint density at radius 1 is 1.12 bits per heavy atom. The third-order valence-electron chi connectivity index (χ3n) is 3.54. The van der Waals surface area contributed by atoms with E-state index in [9.17, 15) is 14.0 Å². The summed E-state index contributed by atoms with van der Waals surface area (Å²) in [7, 11) is 0. The molecular weight excluding hydrogens is 307 g/mol. The summed E-state index contributed by atoms with van der Waals surface area (Å²) >= 11 is 0. The molecule has 0 aromatic heterocycles. The minimum atomic E-state index is -0.795. The number of carbonyl (C=O) groups is 2. The Morgan fingerprint density at radius 3 is 2.33 bits per heavy atom. The summed E-state index contributed by atoms with van der Waals surface area (Å²) in [6, 6.07) is 14.3. The zero-order valence-corrected chi connectivity index (χ0v) is 13.3. The maximum Gasteiger partial charge on any atom is 0.247 e. The Morgan fingerprint density at radius 2 is 1.75 bits per heavy atom. The van der Waals surface area contributed by atoms with Crippen molar-refractivity contribution in [3.8, 4) is 0 Å². The standard InChI is InChI=1S/C19H19FN2O2/c1-13(11-15-7-9-16(20)10-8-15)19(24)22-17(18(21)23)12-14-5-3-2-4-6-14/h2-11,17H,12H2,1H3,(H2,21,23)(H,22,24)/b13-11-/t17-/m0/s1. The molecule has 0 heterocycles. The second-order valence-corrected chi connectivity index (χ2v) is 5.50. The number of benzene rings is 2. The van der Waals surface area contributed by atoms with Crippen molar-refractivity contribution in [1.82, 2.24) is 5.32 Å². The first kappa shape index (κ1) is 17.4. The van der Waals surface area contributed by atoms with Gasteiger partial charge in [0.2, 0.25) is 11.8 Å². The van der Waals surface area contributed by atoms with Gasteiger partial charge < -0.3 is 11.1 Å². The minimum Gasteiger partial charge on any atom is -0.368 e. The number of carbonyl (C=O) groups excluding carboxylic acids is 2. The number of hydrogen-bond acceptors (Lipinski definition) is 2. The lowest BCUT2D eigenvalue weighted by Crippen LogP contribution is -2.46. The Labute approximate surface area is 140 Å². The highest BCUT2D eigenvalue weighted by atomic mass is 19.1. The van der Waals surface area contributed by atoms with Crippen molar-refractivity contribution in [1.29, 1.82) is 0 Å². The van der Waals surface area contributed by atoms with Crippen LogP contribution in [0.1, 0.15) is 18.1 Å². The van der Waals surface area contributed by atoms with Crippen molar-refractivity contribution in [3.63, 3.8) is 0 Å². The molecule has 24 heavy (non-hydrogen) atoms. The van der Waals surface area contributed by atoms with Gasteiger partial charge in [-0.15, -0.1) is 0 Å². The molecule has 0 saturated heterocycles. The molecule has 0 aliphatic heterocycles. The number of rotatable bonds is 6. The normalized spacial score (nSPS) is 12.5. The van der Waals surface area contributed by atoms with E-state index in [2.05, 4.69) is 5.32 Å². The highest BCUT2D eigenvalue weighted by Crippen LogP contribution is 2.09. The van der Waals surface area contributed by atoms with Crippen molar-refractivity contribution in [2.75, 3.05) is 0 Å². The molecule has 0 unspecified atom stereocenters. The predicted octanol–water partition coefficient (Wildman–Crippen LogP) is 2.44. The van der Waals surface area contributed by atoms with E-state index in [1.165, 1.54) is 12.1 Å². The van der Waals surface area contributed by atoms with Crippen molar-refractivity contribution >= 4 is 17.9 Å². The maximum absolute atomic E-state index is 12.9. The topological polar surface area (TPSA) is 72.2 Å². The second kappa shape index (κ2) is 8.06. The van der Waals surface area contributed by atoms with E-state index in [0.717, 1.165) is 5.56 Å². The van der Waals surface area contributed by atoms with Gasteiger partial charge in [0.15, 0.2) is 0 Å². The number of nitrogens with two attached hydrogens (primary N) is 1. The lowest BCUT2D eigenvalue weighted by Gasteiger charge is -2.16. The van der Waals surface area contributed by atoms with Crippen molar-refractivity contribution in [3.05, 3.63) is 77.1 Å². The monoisotopic (exact) mass is 326 g/mol. The maximum atomic E-state index is 12.9. The van der Waals surface area contributed by atoms with E-state index in [1.807, 2.05) is 30.3 Å². The van der Waals surface area contributed by atoms with Crippen molar-refractivity contribution in [2.45, 2.75) is 19.4 Å². The van der Waals surface area contributed by atoms with Crippen LogP contribution in [0.2, 0.25) is 0 Å². The number of hydrogen-bond donors (Lipinski definition) is 2. The highest BCUT2D eigenvalue weighted by molar-refractivity contribution is 5.99. The van der Waals surface area contributed by atoms with Crippen LogP contribution in [0.25, 0.3) is 6.08 Å². The molecule has 2 amide bonds. The summed E-state index contributed by atoms with van der Waals surface area (Å²) in [4.78, 5) is 23.9. The van der Waals surface area contributed by atoms with Crippen LogP contribution in [0.15, 0.2) is 60.2 Å². The van der Waals surface area contributed by atoms with Crippen LogP contribution in [-0.2, 0) is 16.0 Å². The fourth-order valence-electron chi connectivity index (χ4n) is 2.22. The fourth-order valence-corrected chi connectivity index (χ4v) is 2.22. The molecule has 0 aliphatic rings. The Kier molecular flexibility index (Phi) is 5.84. The van der Waals surface area contributed by atoms with Crippen LogP contribution < -0.4 is 11.1 Å². The first-order valence-corrected chi connectivity index (χ1v) is 7.53. The SMILES string of the molecule is C/C(=C/c1ccc(F)cc1)C(=O)N[C@@H](Cc1ccccc1)C(N)=O. The third kappa shape index (κ3) is 5.05. The molecule has 2 aromatic rings. The van der Waals surface area contributed by atoms with Crippen molar-refractivity contribution in [2.24, 2.45) is 5.73 Å². The highest BCUT2D eigenvalue weighted by Gasteiger charge is 2.19. The van der Waals surface area contributed by atoms with E-state index in [-0.39, 0.29) is 11.7 Å².